The fourth-order valence-corrected chi connectivity index (χ4v) is 3.97. The Morgan fingerprint density at radius 3 is 2.76 bits per heavy atom. The molecule has 29 heavy (non-hydrogen) atoms. The van der Waals surface area contributed by atoms with Gasteiger partial charge in [0.2, 0.25) is 0 Å². The van der Waals surface area contributed by atoms with Crippen molar-refractivity contribution in [3.63, 3.8) is 0 Å². The summed E-state index contributed by atoms with van der Waals surface area (Å²) in [5.41, 5.74) is 0.884. The molecule has 0 bridgehead atoms. The first-order chi connectivity index (χ1) is 13.5. The SMILES string of the molecule is CN=C(NCCCN1C(=O)COc2ccccc21)NCC(C)(C)c1cccs1.I. The number of aliphatic imine (C=N–C) groups is 1. The van der Waals surface area contributed by atoms with Gasteiger partial charge in [0.15, 0.2) is 12.6 Å². The maximum Gasteiger partial charge on any atom is 0.265 e. The molecule has 1 aliphatic heterocycles. The first kappa shape index (κ1) is 23.5. The van der Waals surface area contributed by atoms with Gasteiger partial charge in [-0.1, -0.05) is 32.0 Å². The second-order valence-electron chi connectivity index (χ2n) is 7.37. The molecule has 0 fully saturated rings. The minimum atomic E-state index is -0.00101. The van der Waals surface area contributed by atoms with Crippen molar-refractivity contribution in [2.75, 3.05) is 38.2 Å². The van der Waals surface area contributed by atoms with E-state index in [9.17, 15) is 4.79 Å². The first-order valence-corrected chi connectivity index (χ1v) is 10.4. The van der Waals surface area contributed by atoms with E-state index in [-0.39, 0.29) is 41.9 Å². The van der Waals surface area contributed by atoms with Crippen molar-refractivity contribution in [3.8, 4) is 5.75 Å². The highest BCUT2D eigenvalue weighted by atomic mass is 127. The van der Waals surface area contributed by atoms with Crippen LogP contribution >= 0.6 is 35.3 Å². The molecule has 1 aromatic heterocycles. The highest BCUT2D eigenvalue weighted by Gasteiger charge is 2.24. The fourth-order valence-electron chi connectivity index (χ4n) is 3.12. The van der Waals surface area contributed by atoms with Crippen LogP contribution in [0.25, 0.3) is 0 Å². The molecule has 158 valence electrons. The largest absolute Gasteiger partial charge is 0.482 e. The molecule has 0 saturated heterocycles. The number of hydrogen-bond acceptors (Lipinski definition) is 4. The van der Waals surface area contributed by atoms with Crippen molar-refractivity contribution < 1.29 is 9.53 Å². The number of amides is 1. The highest BCUT2D eigenvalue weighted by Crippen LogP contribution is 2.31. The van der Waals surface area contributed by atoms with Gasteiger partial charge in [-0.15, -0.1) is 35.3 Å². The van der Waals surface area contributed by atoms with E-state index in [1.165, 1.54) is 4.88 Å². The number of para-hydroxylation sites is 2. The van der Waals surface area contributed by atoms with Crippen LogP contribution in [0.2, 0.25) is 0 Å². The second-order valence-corrected chi connectivity index (χ2v) is 8.32. The lowest BCUT2D eigenvalue weighted by molar-refractivity contribution is -0.121. The molecule has 0 aliphatic carbocycles. The van der Waals surface area contributed by atoms with E-state index in [1.807, 2.05) is 24.3 Å². The Labute approximate surface area is 193 Å². The van der Waals surface area contributed by atoms with Gasteiger partial charge in [-0.25, -0.2) is 0 Å². The van der Waals surface area contributed by atoms with E-state index in [4.69, 9.17) is 4.74 Å². The monoisotopic (exact) mass is 528 g/mol. The van der Waals surface area contributed by atoms with Gasteiger partial charge in [-0.2, -0.15) is 0 Å². The van der Waals surface area contributed by atoms with Crippen molar-refractivity contribution in [3.05, 3.63) is 46.7 Å². The third-order valence-corrected chi connectivity index (χ3v) is 6.00. The Kier molecular flexibility index (Phi) is 8.76. The summed E-state index contributed by atoms with van der Waals surface area (Å²) in [6.07, 6.45) is 0.815. The summed E-state index contributed by atoms with van der Waals surface area (Å²) in [4.78, 5) is 19.7. The van der Waals surface area contributed by atoms with Crippen LogP contribution in [-0.2, 0) is 10.2 Å². The van der Waals surface area contributed by atoms with Crippen LogP contribution in [0, 0.1) is 0 Å². The van der Waals surface area contributed by atoms with E-state index < -0.39 is 0 Å². The Morgan fingerprint density at radius 1 is 1.24 bits per heavy atom. The Hall–Kier alpha value is -1.81. The lowest BCUT2D eigenvalue weighted by atomic mass is 9.91. The number of ether oxygens (including phenoxy) is 1. The van der Waals surface area contributed by atoms with E-state index in [2.05, 4.69) is 47.0 Å². The molecule has 0 spiro atoms. The summed E-state index contributed by atoms with van der Waals surface area (Å²) in [7, 11) is 1.77. The van der Waals surface area contributed by atoms with Crippen LogP contribution in [0.15, 0.2) is 46.8 Å². The number of nitrogens with one attached hydrogen (secondary N) is 2. The number of guanidine groups is 1. The van der Waals surface area contributed by atoms with Gasteiger partial charge < -0.3 is 20.3 Å². The van der Waals surface area contributed by atoms with Crippen molar-refractivity contribution in [2.24, 2.45) is 4.99 Å². The molecule has 6 nitrogen and oxygen atoms in total. The normalized spacial score (nSPS) is 14.0. The minimum Gasteiger partial charge on any atom is -0.482 e. The maximum absolute atomic E-state index is 12.2. The topological polar surface area (TPSA) is 66.0 Å². The van der Waals surface area contributed by atoms with E-state index in [0.29, 0.717) is 6.54 Å². The average molecular weight is 528 g/mol. The number of carbonyl (C=O) groups is 1. The van der Waals surface area contributed by atoms with Crippen LogP contribution in [-0.4, -0.2) is 45.2 Å². The Balaban J connectivity index is 0.00000300. The molecular weight excluding hydrogens is 499 g/mol. The maximum atomic E-state index is 12.2. The van der Waals surface area contributed by atoms with Gasteiger partial charge in [0.25, 0.3) is 5.91 Å². The third kappa shape index (κ3) is 6.08. The van der Waals surface area contributed by atoms with Gasteiger partial charge in [0, 0.05) is 37.0 Å². The summed E-state index contributed by atoms with van der Waals surface area (Å²) in [5, 5.41) is 8.85. The molecule has 1 aliphatic rings. The van der Waals surface area contributed by atoms with Crippen LogP contribution in [0.4, 0.5) is 5.69 Å². The van der Waals surface area contributed by atoms with E-state index in [1.54, 1.807) is 23.3 Å². The zero-order valence-corrected chi connectivity index (χ0v) is 20.3. The van der Waals surface area contributed by atoms with Gasteiger partial charge in [0.05, 0.1) is 5.69 Å². The van der Waals surface area contributed by atoms with Crippen molar-refractivity contribution >= 4 is 52.9 Å². The third-order valence-electron chi connectivity index (χ3n) is 4.77. The smallest absolute Gasteiger partial charge is 0.265 e. The highest BCUT2D eigenvalue weighted by molar-refractivity contribution is 14.0. The number of nitrogens with zero attached hydrogens (tertiary/aromatic N) is 2. The van der Waals surface area contributed by atoms with Crippen LogP contribution < -0.4 is 20.3 Å². The lowest BCUT2D eigenvalue weighted by Crippen LogP contribution is -2.44. The molecular formula is C21H29IN4O2S. The summed E-state index contributed by atoms with van der Waals surface area (Å²) in [5.74, 6) is 1.54. The van der Waals surface area contributed by atoms with E-state index >= 15 is 0 Å². The van der Waals surface area contributed by atoms with Crippen LogP contribution in [0.5, 0.6) is 5.75 Å². The Morgan fingerprint density at radius 2 is 2.03 bits per heavy atom. The predicted octanol–water partition coefficient (Wildman–Crippen LogP) is 3.62. The zero-order valence-electron chi connectivity index (χ0n) is 17.1. The van der Waals surface area contributed by atoms with Gasteiger partial charge in [-0.05, 0) is 30.0 Å². The molecule has 0 radical (unpaired) electrons. The van der Waals surface area contributed by atoms with Crippen molar-refractivity contribution in [1.29, 1.82) is 0 Å². The number of anilines is 1. The number of halogens is 1. The molecule has 2 aromatic rings. The van der Waals surface area contributed by atoms with Crippen LogP contribution in [0.1, 0.15) is 25.1 Å². The quantitative estimate of drug-likeness (QED) is 0.250. The summed E-state index contributed by atoms with van der Waals surface area (Å²) in [6, 6.07) is 11.9. The van der Waals surface area contributed by atoms with Gasteiger partial charge in [-0.3, -0.25) is 9.79 Å². The van der Waals surface area contributed by atoms with Gasteiger partial charge >= 0.3 is 0 Å². The van der Waals surface area contributed by atoms with Gasteiger partial charge in [0.1, 0.15) is 5.75 Å². The Bertz CT molecular complexity index is 824. The lowest BCUT2D eigenvalue weighted by Gasteiger charge is -2.29. The molecule has 1 amide bonds. The molecule has 2 N–H and O–H groups in total. The van der Waals surface area contributed by atoms with Crippen molar-refractivity contribution in [1.82, 2.24) is 10.6 Å². The number of fused-ring (bicyclic) bond motifs is 1. The molecule has 0 unspecified atom stereocenters. The molecule has 0 atom stereocenters. The minimum absolute atomic E-state index is 0. The number of carbonyl (C=O) groups excluding carboxylic acids is 1. The molecule has 8 heteroatoms. The zero-order chi connectivity index (χ0) is 20.0. The first-order valence-electron chi connectivity index (χ1n) is 9.52. The summed E-state index contributed by atoms with van der Waals surface area (Å²) >= 11 is 1.77. The summed E-state index contributed by atoms with van der Waals surface area (Å²) < 4.78 is 5.49. The van der Waals surface area contributed by atoms with Crippen LogP contribution in [0.3, 0.4) is 0 Å². The number of thiophene rings is 1. The molecule has 0 saturated carbocycles. The molecule has 1 aromatic carbocycles. The standard InChI is InChI=1S/C21H28N4O2S.HI/c1-21(2,18-10-6-13-28-18)15-24-20(22-3)23-11-7-12-25-16-8-4-5-9-17(16)27-14-19(25)26;/h4-6,8-10,13H,7,11-12,14-15H2,1-3H3,(H2,22,23,24);1H. The predicted molar refractivity (Wildman–Crippen MR) is 131 cm³/mol. The number of rotatable bonds is 7. The summed E-state index contributed by atoms with van der Waals surface area (Å²) in [6.45, 7) is 6.71. The van der Waals surface area contributed by atoms with E-state index in [0.717, 1.165) is 36.9 Å². The average Bonchev–Trinajstić information content (AvgIpc) is 3.24. The molecule has 3 rings (SSSR count). The number of benzene rings is 1. The molecule has 2 heterocycles. The number of hydrogen-bond donors (Lipinski definition) is 2. The fraction of sp³-hybridized carbons (Fsp3) is 0.429. The van der Waals surface area contributed by atoms with Crippen molar-refractivity contribution in [2.45, 2.75) is 25.7 Å². The second kappa shape index (κ2) is 10.8.